The molecule has 0 saturated heterocycles. The summed E-state index contributed by atoms with van der Waals surface area (Å²) in [5.41, 5.74) is 15.6. The monoisotopic (exact) mass is 760 g/mol. The summed E-state index contributed by atoms with van der Waals surface area (Å²) >= 11 is 0. The van der Waals surface area contributed by atoms with Crippen molar-refractivity contribution in [2.24, 2.45) is 0 Å². The number of fused-ring (bicyclic) bond motifs is 7. The lowest BCUT2D eigenvalue weighted by Gasteiger charge is -2.41. The van der Waals surface area contributed by atoms with E-state index < -0.39 is 0 Å². The van der Waals surface area contributed by atoms with Crippen LogP contribution < -0.4 is 10.1 Å². The Hall–Kier alpha value is -7.40. The summed E-state index contributed by atoms with van der Waals surface area (Å²) < 4.78 is 13.4. The number of hydrogen-bond donors (Lipinski definition) is 1. The van der Waals surface area contributed by atoms with Crippen LogP contribution in [0.25, 0.3) is 72.5 Å². The minimum atomic E-state index is -0.0623. The molecular weight excluding hydrogens is 721 g/mol. The minimum absolute atomic E-state index is 0.0480. The van der Waals surface area contributed by atoms with Crippen molar-refractivity contribution >= 4 is 16.7 Å². The number of nitrogens with one attached hydrogen (secondary N) is 1. The molecule has 0 bridgehead atoms. The standard InChI is InChI=1S/C55H40N2O2/c1-57-49(40-19-9-4-10-20-40)35-48(39-17-7-3-8-18-39)56-55(57)44-22-12-11-21-43(44)38-27-25-37(26-28-38)41-29-31-51-46(33-41)53-45-23-13-14-24-50(45)59-54(53)47-34-42(30-32-52(47)58-51)36-15-5-2-6-16-36/h2-35,48,55-56H,1H3. The molecule has 9 aromatic rings. The molecule has 1 N–H and O–H groups in total. The van der Waals surface area contributed by atoms with Crippen molar-refractivity contribution in [3.05, 3.63) is 223 Å². The molecule has 11 rings (SSSR count). The van der Waals surface area contributed by atoms with Gasteiger partial charge < -0.3 is 14.1 Å². The van der Waals surface area contributed by atoms with Crippen LogP contribution in [0.3, 0.4) is 0 Å². The zero-order valence-corrected chi connectivity index (χ0v) is 32.5. The smallest absolute Gasteiger partial charge is 0.147 e. The molecule has 4 nitrogen and oxygen atoms in total. The van der Waals surface area contributed by atoms with Gasteiger partial charge in [-0.2, -0.15) is 0 Å². The number of rotatable bonds is 6. The molecule has 0 saturated carbocycles. The predicted octanol–water partition coefficient (Wildman–Crippen LogP) is 14.2. The van der Waals surface area contributed by atoms with Gasteiger partial charge in [-0.25, -0.2) is 0 Å². The van der Waals surface area contributed by atoms with Gasteiger partial charge in [0.2, 0.25) is 0 Å². The Morgan fingerprint density at radius 2 is 1.03 bits per heavy atom. The molecule has 282 valence electrons. The number of hydrogen-bond acceptors (Lipinski definition) is 4. The van der Waals surface area contributed by atoms with Gasteiger partial charge in [-0.1, -0.05) is 170 Å². The lowest BCUT2D eigenvalue weighted by molar-refractivity contribution is 0.264. The third kappa shape index (κ3) is 6.22. The molecule has 4 heteroatoms. The van der Waals surface area contributed by atoms with E-state index in [2.05, 4.69) is 205 Å². The van der Waals surface area contributed by atoms with E-state index in [0.29, 0.717) is 0 Å². The number of para-hydroxylation sites is 1. The molecule has 0 radical (unpaired) electrons. The van der Waals surface area contributed by atoms with E-state index in [4.69, 9.17) is 9.15 Å². The fraction of sp³-hybridized carbons (Fsp3) is 0.0545. The average Bonchev–Trinajstić information content (AvgIpc) is 3.63. The summed E-state index contributed by atoms with van der Waals surface area (Å²) in [7, 11) is 2.19. The van der Waals surface area contributed by atoms with Crippen LogP contribution in [0.5, 0.6) is 11.5 Å². The quantitative estimate of drug-likeness (QED) is 0.183. The van der Waals surface area contributed by atoms with Gasteiger partial charge in [0.05, 0.1) is 11.6 Å². The van der Waals surface area contributed by atoms with Crippen molar-refractivity contribution in [2.75, 3.05) is 7.05 Å². The highest BCUT2D eigenvalue weighted by Crippen LogP contribution is 2.52. The van der Waals surface area contributed by atoms with Crippen molar-refractivity contribution < 1.29 is 9.15 Å². The first kappa shape index (κ1) is 34.8. The highest BCUT2D eigenvalue weighted by molar-refractivity contribution is 6.05. The fourth-order valence-electron chi connectivity index (χ4n) is 8.87. The van der Waals surface area contributed by atoms with Crippen LogP contribution in [0.15, 0.2) is 211 Å². The van der Waals surface area contributed by atoms with E-state index in [1.54, 1.807) is 0 Å². The first-order valence-electron chi connectivity index (χ1n) is 20.2. The van der Waals surface area contributed by atoms with Crippen molar-refractivity contribution in [3.63, 3.8) is 0 Å². The number of furan rings is 1. The Morgan fingerprint density at radius 1 is 0.475 bits per heavy atom. The Balaban J connectivity index is 0.962. The minimum Gasteiger partial charge on any atom is -0.456 e. The predicted molar refractivity (Wildman–Crippen MR) is 241 cm³/mol. The van der Waals surface area contributed by atoms with Crippen LogP contribution in [-0.4, -0.2) is 11.9 Å². The SMILES string of the molecule is CN1C(c2ccccc2)=CC(c2ccccc2)NC1c1ccccc1-c1ccc(-c2ccc3c(c2)-c2c(oc4ccccc24)-c2cc(-c4ccccc4)ccc2O3)cc1. The van der Waals surface area contributed by atoms with Gasteiger partial charge in [0.25, 0.3) is 0 Å². The second-order valence-corrected chi connectivity index (χ2v) is 15.3. The van der Waals surface area contributed by atoms with Crippen molar-refractivity contribution in [2.45, 2.75) is 12.2 Å². The van der Waals surface area contributed by atoms with Crippen LogP contribution in [0.4, 0.5) is 0 Å². The number of ether oxygens (including phenoxy) is 1. The first-order chi connectivity index (χ1) is 29.2. The topological polar surface area (TPSA) is 37.6 Å². The van der Waals surface area contributed by atoms with Crippen LogP contribution in [-0.2, 0) is 0 Å². The molecule has 3 heterocycles. The molecular formula is C55H40N2O2. The molecule has 8 aromatic carbocycles. The van der Waals surface area contributed by atoms with Crippen LogP contribution in [0, 0.1) is 0 Å². The lowest BCUT2D eigenvalue weighted by atomic mass is 9.91. The maximum atomic E-state index is 6.73. The number of nitrogens with zero attached hydrogens (tertiary/aromatic N) is 1. The van der Waals surface area contributed by atoms with Gasteiger partial charge in [0.1, 0.15) is 29.0 Å². The summed E-state index contributed by atoms with van der Waals surface area (Å²) in [6.07, 6.45) is 2.29. The summed E-state index contributed by atoms with van der Waals surface area (Å²) in [6, 6.07) is 70.9. The summed E-state index contributed by atoms with van der Waals surface area (Å²) in [5.74, 6) is 2.40. The normalized spacial score (nSPS) is 15.7. The van der Waals surface area contributed by atoms with Crippen LogP contribution in [0.2, 0.25) is 0 Å². The largest absolute Gasteiger partial charge is 0.456 e. The van der Waals surface area contributed by atoms with Crippen LogP contribution in [0.1, 0.15) is 28.9 Å². The Kier molecular flexibility index (Phi) is 8.57. The Morgan fingerprint density at radius 3 is 1.78 bits per heavy atom. The van der Waals surface area contributed by atoms with Crippen molar-refractivity contribution in [1.29, 1.82) is 0 Å². The maximum absolute atomic E-state index is 6.73. The van der Waals surface area contributed by atoms with E-state index in [-0.39, 0.29) is 12.2 Å². The molecule has 0 aliphatic carbocycles. The zero-order chi connectivity index (χ0) is 39.3. The summed E-state index contributed by atoms with van der Waals surface area (Å²) in [5, 5.41) is 5.05. The molecule has 2 aliphatic rings. The lowest BCUT2D eigenvalue weighted by Crippen LogP contribution is -2.41. The Labute approximate surface area is 344 Å². The van der Waals surface area contributed by atoms with Gasteiger partial charge in [-0.15, -0.1) is 0 Å². The second kappa shape index (κ2) is 14.5. The molecule has 2 aliphatic heterocycles. The zero-order valence-electron chi connectivity index (χ0n) is 32.5. The molecule has 0 spiro atoms. The highest BCUT2D eigenvalue weighted by Gasteiger charge is 2.31. The van der Waals surface area contributed by atoms with Gasteiger partial charge in [0.15, 0.2) is 0 Å². The molecule has 2 unspecified atom stereocenters. The first-order valence-corrected chi connectivity index (χ1v) is 20.2. The van der Waals surface area contributed by atoms with Gasteiger partial charge >= 0.3 is 0 Å². The van der Waals surface area contributed by atoms with E-state index in [0.717, 1.165) is 72.7 Å². The summed E-state index contributed by atoms with van der Waals surface area (Å²) in [6.45, 7) is 0. The average molecular weight is 761 g/mol. The molecule has 1 aromatic heterocycles. The highest BCUT2D eigenvalue weighted by atomic mass is 16.5. The van der Waals surface area contributed by atoms with Crippen molar-refractivity contribution in [1.82, 2.24) is 10.2 Å². The number of benzene rings is 8. The van der Waals surface area contributed by atoms with E-state index in [1.807, 2.05) is 18.2 Å². The van der Waals surface area contributed by atoms with E-state index in [1.165, 1.54) is 28.0 Å². The molecule has 0 amide bonds. The van der Waals surface area contributed by atoms with Gasteiger partial charge in [-0.05, 0) is 86.5 Å². The molecule has 59 heavy (non-hydrogen) atoms. The van der Waals surface area contributed by atoms with E-state index >= 15 is 0 Å². The molecule has 2 atom stereocenters. The van der Waals surface area contributed by atoms with Crippen molar-refractivity contribution in [3.8, 4) is 67.3 Å². The van der Waals surface area contributed by atoms with Crippen LogP contribution >= 0.6 is 0 Å². The fourth-order valence-corrected chi connectivity index (χ4v) is 8.87. The second-order valence-electron chi connectivity index (χ2n) is 15.3. The van der Waals surface area contributed by atoms with E-state index in [9.17, 15) is 0 Å². The molecule has 0 fully saturated rings. The third-order valence-corrected chi connectivity index (χ3v) is 11.8. The maximum Gasteiger partial charge on any atom is 0.147 e. The third-order valence-electron chi connectivity index (χ3n) is 11.8. The summed E-state index contributed by atoms with van der Waals surface area (Å²) in [4.78, 5) is 2.37. The Bertz CT molecular complexity index is 3010. The van der Waals surface area contributed by atoms with Gasteiger partial charge in [-0.3, -0.25) is 5.32 Å². The van der Waals surface area contributed by atoms with Gasteiger partial charge in [0, 0.05) is 29.3 Å².